The second-order valence-corrected chi connectivity index (χ2v) is 6.82. The van der Waals surface area contributed by atoms with Gasteiger partial charge in [0.15, 0.2) is 0 Å². The summed E-state index contributed by atoms with van der Waals surface area (Å²) in [4.78, 5) is 17.1. The zero-order chi connectivity index (χ0) is 17.3. The van der Waals surface area contributed by atoms with Gasteiger partial charge in [-0.2, -0.15) is 0 Å². The monoisotopic (exact) mass is 418 g/mol. The lowest BCUT2D eigenvalue weighted by atomic mass is 10.2. The Morgan fingerprint density at radius 1 is 1.11 bits per heavy atom. The van der Waals surface area contributed by atoms with Crippen LogP contribution in [-0.4, -0.2) is 80.8 Å². The maximum absolute atomic E-state index is 12.4. The first kappa shape index (κ1) is 24.1. The summed E-state index contributed by atoms with van der Waals surface area (Å²) in [6.45, 7) is 9.15. The number of rotatable bonds is 7. The lowest BCUT2D eigenvalue weighted by Gasteiger charge is -2.32. The molecule has 2 heterocycles. The molecule has 1 amide bonds. The Balaban J connectivity index is 0.00000182. The molecule has 8 heteroatoms. The highest BCUT2D eigenvalue weighted by Crippen LogP contribution is 2.10. The number of morpholine rings is 1. The molecule has 0 bridgehead atoms. The van der Waals surface area contributed by atoms with Gasteiger partial charge in [0.2, 0.25) is 5.91 Å². The molecule has 3 rings (SSSR count). The highest BCUT2D eigenvalue weighted by molar-refractivity contribution is 5.85. The molecule has 6 nitrogen and oxygen atoms in total. The SMILES string of the molecule is Cl.Cl.O=C(NCCCN1CCNCC1)C1CN(Cc2ccccc2)CCO1. The van der Waals surface area contributed by atoms with Gasteiger partial charge >= 0.3 is 0 Å². The van der Waals surface area contributed by atoms with E-state index in [1.165, 1.54) is 5.56 Å². The van der Waals surface area contributed by atoms with Crippen molar-refractivity contribution in [3.05, 3.63) is 35.9 Å². The van der Waals surface area contributed by atoms with Crippen molar-refractivity contribution in [2.45, 2.75) is 19.1 Å². The van der Waals surface area contributed by atoms with Gasteiger partial charge in [-0.3, -0.25) is 9.69 Å². The van der Waals surface area contributed by atoms with Gasteiger partial charge in [0.1, 0.15) is 6.10 Å². The smallest absolute Gasteiger partial charge is 0.250 e. The van der Waals surface area contributed by atoms with Crippen LogP contribution in [0.25, 0.3) is 0 Å². The number of amides is 1. The minimum atomic E-state index is -0.350. The van der Waals surface area contributed by atoms with Gasteiger partial charge in [0.25, 0.3) is 0 Å². The molecule has 1 unspecified atom stereocenters. The molecule has 0 aliphatic carbocycles. The van der Waals surface area contributed by atoms with Crippen molar-refractivity contribution < 1.29 is 9.53 Å². The fourth-order valence-corrected chi connectivity index (χ4v) is 3.41. The largest absolute Gasteiger partial charge is 0.366 e. The molecule has 2 saturated heterocycles. The van der Waals surface area contributed by atoms with Crippen molar-refractivity contribution in [3.63, 3.8) is 0 Å². The van der Waals surface area contributed by atoms with E-state index >= 15 is 0 Å². The summed E-state index contributed by atoms with van der Waals surface area (Å²) in [6.07, 6.45) is 0.642. The van der Waals surface area contributed by atoms with E-state index in [0.717, 1.165) is 58.8 Å². The van der Waals surface area contributed by atoms with Crippen molar-refractivity contribution >= 4 is 30.7 Å². The first-order valence-corrected chi connectivity index (χ1v) is 9.40. The first-order valence-electron chi connectivity index (χ1n) is 9.40. The highest BCUT2D eigenvalue weighted by Gasteiger charge is 2.26. The van der Waals surface area contributed by atoms with Crippen LogP contribution in [0.1, 0.15) is 12.0 Å². The summed E-state index contributed by atoms with van der Waals surface area (Å²) in [5.41, 5.74) is 1.28. The number of hydrogen-bond acceptors (Lipinski definition) is 5. The normalized spacial score (nSPS) is 21.0. The predicted octanol–water partition coefficient (Wildman–Crippen LogP) is 1.14. The molecule has 1 aromatic carbocycles. The summed E-state index contributed by atoms with van der Waals surface area (Å²) >= 11 is 0. The van der Waals surface area contributed by atoms with Crippen LogP contribution in [0.2, 0.25) is 0 Å². The standard InChI is InChI=1S/C19H30N4O2.2ClH/c24-19(21-7-4-10-22-11-8-20-9-12-22)18-16-23(13-14-25-18)15-17-5-2-1-3-6-17;;/h1-3,5-6,18,20H,4,7-16H2,(H,21,24);2*1H. The Morgan fingerprint density at radius 2 is 1.85 bits per heavy atom. The number of nitrogens with zero attached hydrogens (tertiary/aromatic N) is 2. The number of halogens is 2. The van der Waals surface area contributed by atoms with E-state index in [9.17, 15) is 4.79 Å². The summed E-state index contributed by atoms with van der Waals surface area (Å²) in [5, 5.41) is 6.40. The maximum atomic E-state index is 12.4. The molecule has 0 saturated carbocycles. The fraction of sp³-hybridized carbons (Fsp3) is 0.632. The van der Waals surface area contributed by atoms with Gasteiger partial charge in [-0.15, -0.1) is 24.8 Å². The Morgan fingerprint density at radius 3 is 2.59 bits per heavy atom. The summed E-state index contributed by atoms with van der Waals surface area (Å²) < 4.78 is 5.68. The molecule has 1 aromatic rings. The van der Waals surface area contributed by atoms with E-state index in [0.29, 0.717) is 13.2 Å². The number of benzene rings is 1. The van der Waals surface area contributed by atoms with Gasteiger partial charge in [-0.1, -0.05) is 30.3 Å². The predicted molar refractivity (Wildman–Crippen MR) is 113 cm³/mol. The third-order valence-corrected chi connectivity index (χ3v) is 4.85. The molecular weight excluding hydrogens is 387 g/mol. The minimum Gasteiger partial charge on any atom is -0.366 e. The average Bonchev–Trinajstić information content (AvgIpc) is 2.67. The van der Waals surface area contributed by atoms with Gasteiger partial charge in [0.05, 0.1) is 6.61 Å². The van der Waals surface area contributed by atoms with Gasteiger partial charge < -0.3 is 20.3 Å². The van der Waals surface area contributed by atoms with E-state index in [2.05, 4.69) is 44.7 Å². The minimum absolute atomic E-state index is 0. The van der Waals surface area contributed by atoms with Crippen LogP contribution >= 0.6 is 24.8 Å². The average molecular weight is 419 g/mol. The van der Waals surface area contributed by atoms with Gasteiger partial charge in [-0.25, -0.2) is 0 Å². The maximum Gasteiger partial charge on any atom is 0.250 e. The Kier molecular flexibility index (Phi) is 11.9. The van der Waals surface area contributed by atoms with Crippen LogP contribution in [0.4, 0.5) is 0 Å². The van der Waals surface area contributed by atoms with E-state index in [4.69, 9.17) is 4.74 Å². The zero-order valence-electron chi connectivity index (χ0n) is 15.8. The second-order valence-electron chi connectivity index (χ2n) is 6.82. The van der Waals surface area contributed by atoms with Crippen LogP contribution in [0.5, 0.6) is 0 Å². The van der Waals surface area contributed by atoms with Crippen molar-refractivity contribution in [2.75, 3.05) is 59.0 Å². The Hall–Kier alpha value is -0.890. The van der Waals surface area contributed by atoms with Gasteiger partial charge in [0, 0.05) is 52.4 Å². The van der Waals surface area contributed by atoms with Gasteiger partial charge in [-0.05, 0) is 18.5 Å². The third kappa shape index (κ3) is 8.34. The summed E-state index contributed by atoms with van der Waals surface area (Å²) in [6, 6.07) is 10.4. The topological polar surface area (TPSA) is 56.8 Å². The van der Waals surface area contributed by atoms with E-state index in [1.807, 2.05) is 6.07 Å². The third-order valence-electron chi connectivity index (χ3n) is 4.85. The zero-order valence-corrected chi connectivity index (χ0v) is 17.4. The molecule has 2 aliphatic rings. The molecule has 0 aromatic heterocycles. The molecule has 2 fully saturated rings. The number of hydrogen-bond donors (Lipinski definition) is 2. The molecule has 0 spiro atoms. The number of ether oxygens (including phenoxy) is 1. The van der Waals surface area contributed by atoms with Crippen LogP contribution in [0, 0.1) is 0 Å². The van der Waals surface area contributed by atoms with Crippen molar-refractivity contribution in [2.24, 2.45) is 0 Å². The number of piperazine rings is 1. The van der Waals surface area contributed by atoms with Crippen LogP contribution in [0.3, 0.4) is 0 Å². The Labute approximate surface area is 174 Å². The summed E-state index contributed by atoms with van der Waals surface area (Å²) in [7, 11) is 0. The van der Waals surface area contributed by atoms with Crippen LogP contribution < -0.4 is 10.6 Å². The van der Waals surface area contributed by atoms with Crippen molar-refractivity contribution in [1.29, 1.82) is 0 Å². The number of carbonyl (C=O) groups excluding carboxylic acids is 1. The number of carbonyl (C=O) groups is 1. The van der Waals surface area contributed by atoms with Crippen LogP contribution in [0.15, 0.2) is 30.3 Å². The molecule has 154 valence electrons. The van der Waals surface area contributed by atoms with E-state index < -0.39 is 0 Å². The van der Waals surface area contributed by atoms with E-state index in [1.54, 1.807) is 0 Å². The lowest BCUT2D eigenvalue weighted by molar-refractivity contribution is -0.138. The first-order chi connectivity index (χ1) is 12.3. The Bertz CT molecular complexity index is 530. The molecule has 0 radical (unpaired) electrons. The second kappa shape index (κ2) is 13.3. The lowest BCUT2D eigenvalue weighted by Crippen LogP contribution is -2.50. The van der Waals surface area contributed by atoms with Crippen LogP contribution in [-0.2, 0) is 16.1 Å². The molecule has 2 aliphatic heterocycles. The molecule has 27 heavy (non-hydrogen) atoms. The summed E-state index contributed by atoms with van der Waals surface area (Å²) in [5.74, 6) is 0.0260. The number of nitrogens with one attached hydrogen (secondary N) is 2. The molecular formula is C19H32Cl2N4O2. The molecule has 2 N–H and O–H groups in total. The fourth-order valence-electron chi connectivity index (χ4n) is 3.41. The quantitative estimate of drug-likeness (QED) is 0.650. The van der Waals surface area contributed by atoms with E-state index in [-0.39, 0.29) is 36.8 Å². The van der Waals surface area contributed by atoms with Crippen molar-refractivity contribution in [3.8, 4) is 0 Å². The van der Waals surface area contributed by atoms with Crippen molar-refractivity contribution in [1.82, 2.24) is 20.4 Å². The molecule has 1 atom stereocenters. The highest BCUT2D eigenvalue weighted by atomic mass is 35.5.